The Morgan fingerprint density at radius 2 is 1.94 bits per heavy atom. The molecule has 0 aliphatic carbocycles. The van der Waals surface area contributed by atoms with Crippen LogP contribution in [0.25, 0.3) is 10.9 Å². The lowest BCUT2D eigenvalue weighted by Crippen LogP contribution is -2.23. The van der Waals surface area contributed by atoms with Gasteiger partial charge in [0, 0.05) is 5.33 Å². The van der Waals surface area contributed by atoms with E-state index in [0.29, 0.717) is 11.1 Å². The van der Waals surface area contributed by atoms with Crippen molar-refractivity contribution in [1.82, 2.24) is 9.97 Å². The molecule has 4 N–H and O–H groups in total. The van der Waals surface area contributed by atoms with Gasteiger partial charge in [-0.2, -0.15) is 0 Å². The van der Waals surface area contributed by atoms with E-state index in [4.69, 9.17) is 0 Å². The van der Waals surface area contributed by atoms with Crippen LogP contribution in [0.3, 0.4) is 0 Å². The van der Waals surface area contributed by atoms with E-state index in [1.165, 1.54) is 12.1 Å². The highest BCUT2D eigenvalue weighted by Crippen LogP contribution is 2.20. The third-order valence-corrected chi connectivity index (χ3v) is 3.29. The van der Waals surface area contributed by atoms with E-state index >= 15 is 0 Å². The molecule has 6 nitrogen and oxygen atoms in total. The summed E-state index contributed by atoms with van der Waals surface area (Å²) in [6.07, 6.45) is -2.07. The first-order chi connectivity index (χ1) is 8.52. The second-order valence-corrected chi connectivity index (χ2v) is 4.53. The van der Waals surface area contributed by atoms with Crippen LogP contribution in [0, 0.1) is 0 Å². The maximum atomic E-state index is 11.6. The van der Waals surface area contributed by atoms with Crippen LogP contribution in [0.15, 0.2) is 27.8 Å². The molecule has 2 aromatic rings. The summed E-state index contributed by atoms with van der Waals surface area (Å²) in [5.41, 5.74) is -0.322. The number of aromatic nitrogens is 2. The number of hydrogen-bond acceptors (Lipinski definition) is 4. The fraction of sp³-hybridized carbons (Fsp3) is 0.273. The van der Waals surface area contributed by atoms with Gasteiger partial charge < -0.3 is 15.2 Å². The molecule has 1 heterocycles. The van der Waals surface area contributed by atoms with Gasteiger partial charge in [0.05, 0.1) is 17.0 Å². The van der Waals surface area contributed by atoms with Gasteiger partial charge in [0.25, 0.3) is 5.56 Å². The molecule has 1 aromatic heterocycles. The number of fused-ring (bicyclic) bond motifs is 1. The molecule has 2 rings (SSSR count). The first-order valence-corrected chi connectivity index (χ1v) is 6.33. The number of aliphatic hydroxyl groups is 2. The smallest absolute Gasteiger partial charge is 0.326 e. The lowest BCUT2D eigenvalue weighted by Gasteiger charge is -2.16. The van der Waals surface area contributed by atoms with Crippen LogP contribution in [0.4, 0.5) is 0 Å². The van der Waals surface area contributed by atoms with Gasteiger partial charge in [0.15, 0.2) is 0 Å². The first-order valence-electron chi connectivity index (χ1n) is 5.21. The second-order valence-electron chi connectivity index (χ2n) is 3.88. The highest BCUT2D eigenvalue weighted by molar-refractivity contribution is 9.09. The highest BCUT2D eigenvalue weighted by atomic mass is 79.9. The molecule has 0 aliphatic rings. The van der Waals surface area contributed by atoms with Crippen LogP contribution in [0.5, 0.6) is 0 Å². The predicted molar refractivity (Wildman–Crippen MR) is 70.0 cm³/mol. The van der Waals surface area contributed by atoms with Crippen molar-refractivity contribution in [2.24, 2.45) is 0 Å². The molecule has 0 aliphatic heterocycles. The monoisotopic (exact) mass is 314 g/mol. The Hall–Kier alpha value is -1.44. The molecule has 96 valence electrons. The third kappa shape index (κ3) is 2.38. The third-order valence-electron chi connectivity index (χ3n) is 2.63. The zero-order valence-electron chi connectivity index (χ0n) is 9.18. The standard InChI is InChI=1S/C11H11BrN2O4/c12-4-8(15)9(16)5-1-2-7-6(3-5)10(17)14-11(18)13-7/h1-3,8-9,15-16H,4H2,(H2,13,14,17,18). The number of hydrogen-bond donors (Lipinski definition) is 4. The van der Waals surface area contributed by atoms with E-state index in [2.05, 4.69) is 25.9 Å². The molecule has 7 heteroatoms. The maximum Gasteiger partial charge on any atom is 0.326 e. The molecule has 0 amide bonds. The lowest BCUT2D eigenvalue weighted by atomic mass is 10.0. The van der Waals surface area contributed by atoms with E-state index in [0.717, 1.165) is 0 Å². The first kappa shape index (κ1) is 13.0. The van der Waals surface area contributed by atoms with Gasteiger partial charge in [0.1, 0.15) is 6.10 Å². The van der Waals surface area contributed by atoms with Crippen molar-refractivity contribution < 1.29 is 10.2 Å². The van der Waals surface area contributed by atoms with E-state index in [1.807, 2.05) is 0 Å². The number of benzene rings is 1. The largest absolute Gasteiger partial charge is 0.389 e. The molecule has 0 fully saturated rings. The Balaban J connectivity index is 2.57. The fourth-order valence-electron chi connectivity index (χ4n) is 1.67. The number of alkyl halides is 1. The van der Waals surface area contributed by atoms with Gasteiger partial charge in [-0.25, -0.2) is 4.79 Å². The minimum Gasteiger partial charge on any atom is -0.389 e. The summed E-state index contributed by atoms with van der Waals surface area (Å²) in [5.74, 6) is 0. The SMILES string of the molecule is O=c1[nH]c(=O)c2cc(C(O)C(O)CBr)ccc2[nH]1. The quantitative estimate of drug-likeness (QED) is 0.598. The number of nitrogens with one attached hydrogen (secondary N) is 2. The molecule has 1 aromatic carbocycles. The average molecular weight is 315 g/mol. The summed E-state index contributed by atoms with van der Waals surface area (Å²) in [5, 5.41) is 19.8. The van der Waals surface area contributed by atoms with Gasteiger partial charge in [0.2, 0.25) is 0 Å². The van der Waals surface area contributed by atoms with Crippen LogP contribution in [-0.4, -0.2) is 31.6 Å². The molecule has 2 atom stereocenters. The summed E-state index contributed by atoms with van der Waals surface area (Å²) < 4.78 is 0. The van der Waals surface area contributed by atoms with Crippen LogP contribution >= 0.6 is 15.9 Å². The molecule has 2 unspecified atom stereocenters. The molecule has 0 bridgehead atoms. The highest BCUT2D eigenvalue weighted by Gasteiger charge is 2.17. The molecule has 0 saturated heterocycles. The number of H-pyrrole nitrogens is 2. The Bertz CT molecular complexity index is 679. The zero-order chi connectivity index (χ0) is 13.3. The topological polar surface area (TPSA) is 106 Å². The summed E-state index contributed by atoms with van der Waals surface area (Å²) in [6, 6.07) is 4.51. The van der Waals surface area contributed by atoms with Gasteiger partial charge in [-0.1, -0.05) is 22.0 Å². The van der Waals surface area contributed by atoms with Crippen LogP contribution in [0.1, 0.15) is 11.7 Å². The van der Waals surface area contributed by atoms with E-state index in [1.54, 1.807) is 6.07 Å². The van der Waals surface area contributed by atoms with E-state index in [-0.39, 0.29) is 10.7 Å². The number of rotatable bonds is 3. The van der Waals surface area contributed by atoms with E-state index < -0.39 is 23.5 Å². The van der Waals surface area contributed by atoms with Gasteiger partial charge in [-0.05, 0) is 17.7 Å². The van der Waals surface area contributed by atoms with Crippen LogP contribution in [-0.2, 0) is 0 Å². The molecular weight excluding hydrogens is 304 g/mol. The van der Waals surface area contributed by atoms with Gasteiger partial charge in [-0.15, -0.1) is 0 Å². The zero-order valence-corrected chi connectivity index (χ0v) is 10.8. The van der Waals surface area contributed by atoms with Crippen molar-refractivity contribution in [1.29, 1.82) is 0 Å². The summed E-state index contributed by atoms with van der Waals surface area (Å²) in [7, 11) is 0. The van der Waals surface area contributed by atoms with Crippen molar-refractivity contribution >= 4 is 26.8 Å². The average Bonchev–Trinajstić information content (AvgIpc) is 2.36. The number of aromatic amines is 2. The molecule has 0 radical (unpaired) electrons. The molecule has 0 saturated carbocycles. The fourth-order valence-corrected chi connectivity index (χ4v) is 2.03. The Morgan fingerprint density at radius 3 is 2.61 bits per heavy atom. The predicted octanol–water partition coefficient (Wildman–Crippen LogP) is 0.00560. The summed E-state index contributed by atoms with van der Waals surface area (Å²) in [6.45, 7) is 0. The maximum absolute atomic E-state index is 11.6. The minimum absolute atomic E-state index is 0.216. The van der Waals surface area contributed by atoms with Gasteiger partial charge in [-0.3, -0.25) is 9.78 Å². The molecule has 0 spiro atoms. The minimum atomic E-state index is -1.10. The van der Waals surface area contributed by atoms with Crippen LogP contribution < -0.4 is 11.2 Å². The molecular formula is C11H11BrN2O4. The Morgan fingerprint density at radius 1 is 1.22 bits per heavy atom. The van der Waals surface area contributed by atoms with Crippen LogP contribution in [0.2, 0.25) is 0 Å². The van der Waals surface area contributed by atoms with Crippen molar-refractivity contribution in [2.45, 2.75) is 12.2 Å². The van der Waals surface area contributed by atoms with Crippen molar-refractivity contribution in [3.63, 3.8) is 0 Å². The van der Waals surface area contributed by atoms with Crippen molar-refractivity contribution in [3.8, 4) is 0 Å². The summed E-state index contributed by atoms with van der Waals surface area (Å²) >= 11 is 3.06. The normalized spacial score (nSPS) is 14.6. The van der Waals surface area contributed by atoms with E-state index in [9.17, 15) is 19.8 Å². The number of halogens is 1. The molecule has 18 heavy (non-hydrogen) atoms. The Kier molecular flexibility index (Phi) is 3.65. The van der Waals surface area contributed by atoms with Gasteiger partial charge >= 0.3 is 5.69 Å². The van der Waals surface area contributed by atoms with Crippen molar-refractivity contribution in [2.75, 3.05) is 5.33 Å². The summed E-state index contributed by atoms with van der Waals surface area (Å²) in [4.78, 5) is 27.2. The van der Waals surface area contributed by atoms with Crippen molar-refractivity contribution in [3.05, 3.63) is 44.6 Å². The lowest BCUT2D eigenvalue weighted by molar-refractivity contribution is 0.0343. The second kappa shape index (κ2) is 5.05. The Labute approximate surface area is 109 Å². The number of aliphatic hydroxyl groups excluding tert-OH is 2.